The van der Waals surface area contributed by atoms with Crippen molar-refractivity contribution in [2.75, 3.05) is 0 Å². The number of fused-ring (bicyclic) bond motifs is 2. The Kier molecular flexibility index (Phi) is 10.4. The molecule has 0 saturated heterocycles. The van der Waals surface area contributed by atoms with Crippen LogP contribution >= 0.6 is 17.0 Å². The first-order valence-corrected chi connectivity index (χ1v) is 34.6. The van der Waals surface area contributed by atoms with Gasteiger partial charge in [0.05, 0.1) is 0 Å². The van der Waals surface area contributed by atoms with Crippen LogP contribution in [0.25, 0.3) is 34.4 Å². The first kappa shape index (κ1) is 35.9. The second-order valence-corrected chi connectivity index (χ2v) is 58.0. The van der Waals surface area contributed by atoms with E-state index in [1.165, 1.54) is 66.8 Å². The molecular formula is C44H53Cl2SiZr. The van der Waals surface area contributed by atoms with Gasteiger partial charge in [0.15, 0.2) is 0 Å². The van der Waals surface area contributed by atoms with Crippen molar-refractivity contribution in [1.29, 1.82) is 0 Å². The summed E-state index contributed by atoms with van der Waals surface area (Å²) in [5, 5.41) is 0. The fourth-order valence-corrected chi connectivity index (χ4v) is 40.4. The van der Waals surface area contributed by atoms with Crippen LogP contribution in [0.3, 0.4) is 0 Å². The molecule has 0 radical (unpaired) electrons. The summed E-state index contributed by atoms with van der Waals surface area (Å²) in [5.41, 5.74) is 16.5. The molecule has 0 aliphatic heterocycles. The molecule has 48 heavy (non-hydrogen) atoms. The Bertz CT molecular complexity index is 1760. The number of allylic oxidation sites excluding steroid dienone is 2. The number of hydrogen-bond acceptors (Lipinski definition) is 0. The Morgan fingerprint density at radius 2 is 0.938 bits per heavy atom. The predicted octanol–water partition coefficient (Wildman–Crippen LogP) is 13.8. The van der Waals surface area contributed by atoms with Crippen LogP contribution in [0, 0.1) is 11.8 Å². The van der Waals surface area contributed by atoms with Gasteiger partial charge in [-0.2, -0.15) is 0 Å². The Morgan fingerprint density at radius 3 is 1.29 bits per heavy atom. The SMILES string of the molecule is CCc1ccccc1-c1cccc2c1C=C(CC(C)C)[CH]2[Zr]([Cl])([Cl])([CH]1C(CC(C)C)=Cc2c(-c3ccccc3CC)cccc21)[SiH](C)C. The van der Waals surface area contributed by atoms with Gasteiger partial charge in [-0.25, -0.2) is 0 Å². The van der Waals surface area contributed by atoms with Crippen molar-refractivity contribution in [1.82, 2.24) is 0 Å². The van der Waals surface area contributed by atoms with Gasteiger partial charge in [0.2, 0.25) is 0 Å². The van der Waals surface area contributed by atoms with Crippen molar-refractivity contribution >= 4 is 35.1 Å². The number of aryl methyl sites for hydroxylation is 2. The third kappa shape index (κ3) is 6.06. The van der Waals surface area contributed by atoms with E-state index in [0.29, 0.717) is 11.8 Å². The Morgan fingerprint density at radius 1 is 0.562 bits per heavy atom. The van der Waals surface area contributed by atoms with E-state index < -0.39 is 21.5 Å². The number of benzene rings is 4. The molecule has 4 aromatic rings. The average Bonchev–Trinajstić information content (AvgIpc) is 3.62. The molecule has 0 amide bonds. The number of rotatable bonds is 11. The van der Waals surface area contributed by atoms with Crippen molar-refractivity contribution in [3.63, 3.8) is 0 Å². The molecule has 0 saturated carbocycles. The van der Waals surface area contributed by atoms with Crippen LogP contribution in [0.15, 0.2) is 96.1 Å². The Labute approximate surface area is 299 Å². The van der Waals surface area contributed by atoms with Gasteiger partial charge in [-0.1, -0.05) is 0 Å². The van der Waals surface area contributed by atoms with Crippen molar-refractivity contribution in [2.45, 2.75) is 87.6 Å². The van der Waals surface area contributed by atoms with Gasteiger partial charge >= 0.3 is 302 Å². The molecule has 4 aromatic carbocycles. The standard InChI is InChI=1S/2C21H23.C2H7Si.2ClH.Zr/c2*1-4-17-8-5-6-10-19(17)20-11-7-9-18-13-16(12-15(2)3)14-21(18)20;1-3-2;;;/h2*5-11,13-15H,4,12H2,1-3H3;3H,1-2H3;2*1H;/q;;;;;+2/p-2. The fourth-order valence-electron chi connectivity index (χ4n) is 9.01. The van der Waals surface area contributed by atoms with Gasteiger partial charge in [0, 0.05) is 0 Å². The molecule has 0 N–H and O–H groups in total. The zero-order valence-corrected chi connectivity index (χ0v) is 35.3. The average molecular weight is 772 g/mol. The van der Waals surface area contributed by atoms with E-state index in [1.807, 2.05) is 0 Å². The molecular weight excluding hydrogens is 719 g/mol. The predicted molar refractivity (Wildman–Crippen MR) is 213 cm³/mol. The Balaban J connectivity index is 1.63. The molecule has 0 heterocycles. The zero-order chi connectivity index (χ0) is 34.4. The monoisotopic (exact) mass is 769 g/mol. The zero-order valence-electron chi connectivity index (χ0n) is 30.2. The maximum atomic E-state index is 8.82. The minimum absolute atomic E-state index is 0.102. The Hall–Kier alpha value is -1.96. The van der Waals surface area contributed by atoms with Crippen molar-refractivity contribution in [3.05, 3.63) is 129 Å². The second-order valence-electron chi connectivity index (χ2n) is 15.5. The molecule has 0 spiro atoms. The van der Waals surface area contributed by atoms with Gasteiger partial charge in [-0.05, 0) is 0 Å². The van der Waals surface area contributed by atoms with E-state index in [4.69, 9.17) is 17.0 Å². The van der Waals surface area contributed by atoms with Gasteiger partial charge < -0.3 is 0 Å². The number of hydrogen-bond donors (Lipinski definition) is 0. The molecule has 6 rings (SSSR count). The molecule has 2 unspecified atom stereocenters. The van der Waals surface area contributed by atoms with E-state index in [9.17, 15) is 0 Å². The van der Waals surface area contributed by atoms with Crippen LogP contribution in [0.4, 0.5) is 0 Å². The molecule has 4 heteroatoms. The third-order valence-electron chi connectivity index (χ3n) is 11.2. The van der Waals surface area contributed by atoms with Crippen LogP contribution in [-0.2, 0) is 28.4 Å². The van der Waals surface area contributed by atoms with Crippen molar-refractivity contribution in [2.24, 2.45) is 11.8 Å². The third-order valence-corrected chi connectivity index (χ3v) is 63.0. The maximum absolute atomic E-state index is 8.82. The van der Waals surface area contributed by atoms with E-state index in [0.717, 1.165) is 25.7 Å². The van der Waals surface area contributed by atoms with Crippen LogP contribution in [0.5, 0.6) is 0 Å². The van der Waals surface area contributed by atoms with Crippen molar-refractivity contribution in [3.8, 4) is 22.3 Å². The van der Waals surface area contributed by atoms with Gasteiger partial charge in [0.25, 0.3) is 0 Å². The fraction of sp³-hybridized carbons (Fsp3) is 0.364. The van der Waals surface area contributed by atoms with E-state index in [2.05, 4.69) is 152 Å². The summed E-state index contributed by atoms with van der Waals surface area (Å²) in [6.45, 7) is 18.9. The van der Waals surface area contributed by atoms with Crippen molar-refractivity contribution < 1.29 is 15.6 Å². The molecule has 2 atom stereocenters. The summed E-state index contributed by atoms with van der Waals surface area (Å²) in [5.74, 6) is -0.632. The first-order chi connectivity index (χ1) is 22.9. The van der Waals surface area contributed by atoms with Gasteiger partial charge in [0.1, 0.15) is 0 Å². The summed E-state index contributed by atoms with van der Waals surface area (Å²) >= 11 is -4.90. The van der Waals surface area contributed by atoms with Crippen LogP contribution < -0.4 is 0 Å². The van der Waals surface area contributed by atoms with E-state index in [-0.39, 0.29) is 7.25 Å². The first-order valence-electron chi connectivity index (χ1n) is 18.3. The molecule has 2 aliphatic rings. The summed E-state index contributed by atoms with van der Waals surface area (Å²) in [4.78, 5) is 0. The molecule has 0 aromatic heterocycles. The quantitative estimate of drug-likeness (QED) is 0.133. The summed E-state index contributed by atoms with van der Waals surface area (Å²) in [6, 6.07) is 31.8. The van der Waals surface area contributed by atoms with E-state index >= 15 is 0 Å². The molecule has 0 fully saturated rings. The van der Waals surface area contributed by atoms with Crippen LogP contribution in [0.1, 0.15) is 95.0 Å². The summed E-state index contributed by atoms with van der Waals surface area (Å²) < 4.78 is 0.205. The normalized spacial score (nSPS) is 18.1. The second kappa shape index (κ2) is 14.0. The van der Waals surface area contributed by atoms with E-state index in [1.54, 1.807) is 0 Å². The van der Waals surface area contributed by atoms with Crippen LogP contribution in [0.2, 0.25) is 13.1 Å². The number of halogens is 2. The van der Waals surface area contributed by atoms with Gasteiger partial charge in [-0.15, -0.1) is 0 Å². The molecule has 251 valence electrons. The van der Waals surface area contributed by atoms with Gasteiger partial charge in [-0.3, -0.25) is 0 Å². The molecule has 0 nitrogen and oxygen atoms in total. The summed E-state index contributed by atoms with van der Waals surface area (Å²) in [6.07, 6.45) is 9.12. The minimum atomic E-state index is -4.90. The van der Waals surface area contributed by atoms with Crippen LogP contribution in [-0.4, -0.2) is 5.92 Å². The summed E-state index contributed by atoms with van der Waals surface area (Å²) in [7, 11) is 17.6. The topological polar surface area (TPSA) is 0 Å². The molecule has 2 aliphatic carbocycles. The molecule has 0 bridgehead atoms.